The van der Waals surface area contributed by atoms with E-state index in [0.717, 1.165) is 26.6 Å². The average Bonchev–Trinajstić information content (AvgIpc) is 3.14. The van der Waals surface area contributed by atoms with E-state index in [1.165, 1.54) is 23.5 Å². The van der Waals surface area contributed by atoms with Crippen LogP contribution in [0.1, 0.15) is 16.1 Å². The maximum absolute atomic E-state index is 10.9. The molecule has 138 valence electrons. The van der Waals surface area contributed by atoms with Crippen LogP contribution in [0, 0.1) is 10.1 Å². The molecule has 5 nitrogen and oxygen atoms in total. The van der Waals surface area contributed by atoms with E-state index in [1.54, 1.807) is 6.07 Å². The van der Waals surface area contributed by atoms with Crippen LogP contribution >= 0.6 is 11.3 Å². The third kappa shape index (κ3) is 4.07. The smallest absolute Gasteiger partial charge is 0.271 e. The van der Waals surface area contributed by atoms with E-state index in [2.05, 4.69) is 4.98 Å². The van der Waals surface area contributed by atoms with Gasteiger partial charge in [0.15, 0.2) is 0 Å². The summed E-state index contributed by atoms with van der Waals surface area (Å²) in [5.41, 5.74) is 2.73. The number of nitrogens with zero attached hydrogens (tertiary/aromatic N) is 2. The molecule has 0 fully saturated rings. The summed E-state index contributed by atoms with van der Waals surface area (Å²) in [7, 11) is 0. The molecule has 0 N–H and O–H groups in total. The Hall–Kier alpha value is -3.51. The highest BCUT2D eigenvalue weighted by molar-refractivity contribution is 7.19. The number of hydrogen-bond donors (Lipinski definition) is 0. The molecule has 0 aliphatic heterocycles. The number of thiazole rings is 1. The van der Waals surface area contributed by atoms with Crippen LogP contribution in [0.3, 0.4) is 0 Å². The van der Waals surface area contributed by atoms with Crippen LogP contribution < -0.4 is 4.74 Å². The van der Waals surface area contributed by atoms with Crippen LogP contribution in [0.5, 0.6) is 5.75 Å². The molecule has 6 heteroatoms. The van der Waals surface area contributed by atoms with Crippen molar-refractivity contribution in [2.45, 2.75) is 6.61 Å². The van der Waals surface area contributed by atoms with E-state index >= 15 is 0 Å². The van der Waals surface area contributed by atoms with Gasteiger partial charge in [0.1, 0.15) is 17.4 Å². The molecular weight excluding hydrogens is 372 g/mol. The van der Waals surface area contributed by atoms with E-state index in [-0.39, 0.29) is 5.69 Å². The van der Waals surface area contributed by atoms with Crippen molar-refractivity contribution in [1.29, 1.82) is 0 Å². The van der Waals surface area contributed by atoms with E-state index < -0.39 is 4.92 Å². The van der Waals surface area contributed by atoms with Crippen molar-refractivity contribution >= 4 is 39.4 Å². The molecule has 0 aliphatic carbocycles. The van der Waals surface area contributed by atoms with Crippen molar-refractivity contribution in [3.63, 3.8) is 0 Å². The van der Waals surface area contributed by atoms with Crippen LogP contribution in [0.25, 0.3) is 22.4 Å². The summed E-state index contributed by atoms with van der Waals surface area (Å²) in [4.78, 5) is 15.0. The van der Waals surface area contributed by atoms with Gasteiger partial charge in [0, 0.05) is 17.7 Å². The van der Waals surface area contributed by atoms with Crippen LogP contribution in [0.4, 0.5) is 5.69 Å². The van der Waals surface area contributed by atoms with Gasteiger partial charge in [0.25, 0.3) is 5.69 Å². The van der Waals surface area contributed by atoms with Crippen molar-refractivity contribution in [3.05, 3.63) is 99.0 Å². The predicted octanol–water partition coefficient (Wildman–Crippen LogP) is 5.95. The summed E-state index contributed by atoms with van der Waals surface area (Å²) < 4.78 is 6.89. The highest BCUT2D eigenvalue weighted by Crippen LogP contribution is 2.28. The quantitative estimate of drug-likeness (QED) is 0.302. The molecule has 0 spiro atoms. The van der Waals surface area contributed by atoms with Gasteiger partial charge >= 0.3 is 0 Å². The Kier molecular flexibility index (Phi) is 5.12. The highest BCUT2D eigenvalue weighted by atomic mass is 32.1. The van der Waals surface area contributed by atoms with Crippen molar-refractivity contribution < 1.29 is 9.66 Å². The molecule has 0 saturated heterocycles. The molecule has 0 atom stereocenters. The lowest BCUT2D eigenvalue weighted by Gasteiger charge is -2.09. The lowest BCUT2D eigenvalue weighted by molar-refractivity contribution is -0.384. The van der Waals surface area contributed by atoms with E-state index in [9.17, 15) is 10.1 Å². The number of non-ortho nitro benzene ring substituents is 1. The minimum absolute atomic E-state index is 0.0491. The summed E-state index contributed by atoms with van der Waals surface area (Å²) >= 11 is 1.49. The van der Waals surface area contributed by atoms with E-state index in [1.807, 2.05) is 66.7 Å². The SMILES string of the molecule is O=[N+]([O-])c1ccc2sc(/C=C/c3ccccc3OCc3ccccc3)nc2c1. The topological polar surface area (TPSA) is 65.3 Å². The van der Waals surface area contributed by atoms with Crippen LogP contribution in [0.15, 0.2) is 72.8 Å². The third-order valence-electron chi connectivity index (χ3n) is 4.16. The van der Waals surface area contributed by atoms with Crippen LogP contribution in [-0.2, 0) is 6.61 Å². The number of ether oxygens (including phenoxy) is 1. The number of nitro benzene ring substituents is 1. The van der Waals surface area contributed by atoms with Crippen molar-refractivity contribution in [2.75, 3.05) is 0 Å². The van der Waals surface area contributed by atoms with Gasteiger partial charge in [-0.25, -0.2) is 4.98 Å². The van der Waals surface area contributed by atoms with E-state index in [4.69, 9.17) is 4.74 Å². The third-order valence-corrected chi connectivity index (χ3v) is 5.16. The Morgan fingerprint density at radius 2 is 1.79 bits per heavy atom. The maximum atomic E-state index is 10.9. The van der Waals surface area contributed by atoms with Gasteiger partial charge in [-0.3, -0.25) is 10.1 Å². The lowest BCUT2D eigenvalue weighted by Crippen LogP contribution is -1.96. The fraction of sp³-hybridized carbons (Fsp3) is 0.0455. The highest BCUT2D eigenvalue weighted by Gasteiger charge is 2.09. The summed E-state index contributed by atoms with van der Waals surface area (Å²) in [6.07, 6.45) is 3.85. The number of nitro groups is 1. The van der Waals surface area contributed by atoms with Crippen molar-refractivity contribution in [1.82, 2.24) is 4.98 Å². The Balaban J connectivity index is 1.54. The fourth-order valence-electron chi connectivity index (χ4n) is 2.76. The number of hydrogen-bond acceptors (Lipinski definition) is 5. The zero-order valence-corrected chi connectivity index (χ0v) is 15.6. The molecule has 4 rings (SSSR count). The van der Waals surface area contributed by atoms with Gasteiger partial charge < -0.3 is 4.74 Å². The molecule has 0 radical (unpaired) electrons. The standard InChI is InChI=1S/C22H16N2O3S/c25-24(26)18-11-12-21-19(14-18)23-22(28-21)13-10-17-8-4-5-9-20(17)27-15-16-6-2-1-3-7-16/h1-14H,15H2/b13-10+. The number of fused-ring (bicyclic) bond motifs is 1. The minimum Gasteiger partial charge on any atom is -0.488 e. The first kappa shape index (κ1) is 17.9. The summed E-state index contributed by atoms with van der Waals surface area (Å²) in [5, 5.41) is 11.7. The number of rotatable bonds is 6. The summed E-state index contributed by atoms with van der Waals surface area (Å²) in [6.45, 7) is 0.497. The first-order valence-corrected chi connectivity index (χ1v) is 9.49. The fourth-order valence-corrected chi connectivity index (χ4v) is 3.62. The average molecular weight is 388 g/mol. The van der Waals surface area contributed by atoms with Crippen molar-refractivity contribution in [2.24, 2.45) is 0 Å². The van der Waals surface area contributed by atoms with E-state index in [0.29, 0.717) is 12.1 Å². The Bertz CT molecular complexity index is 1150. The van der Waals surface area contributed by atoms with Gasteiger partial charge in [-0.05, 0) is 29.8 Å². The summed E-state index contributed by atoms with van der Waals surface area (Å²) in [5.74, 6) is 0.791. The zero-order chi connectivity index (χ0) is 19.3. The van der Waals surface area contributed by atoms with Gasteiger partial charge in [0.2, 0.25) is 0 Å². The predicted molar refractivity (Wildman–Crippen MR) is 112 cm³/mol. The molecular formula is C22H16N2O3S. The molecule has 0 unspecified atom stereocenters. The molecule has 1 aromatic heterocycles. The minimum atomic E-state index is -0.408. The Morgan fingerprint density at radius 3 is 2.61 bits per heavy atom. The first-order valence-electron chi connectivity index (χ1n) is 8.68. The molecule has 0 bridgehead atoms. The summed E-state index contributed by atoms with van der Waals surface area (Å²) in [6, 6.07) is 22.6. The van der Waals surface area contributed by atoms with Gasteiger partial charge in [0.05, 0.1) is 15.1 Å². The molecule has 1 heterocycles. The molecule has 3 aromatic carbocycles. The van der Waals surface area contributed by atoms with Gasteiger partial charge in [-0.15, -0.1) is 11.3 Å². The molecule has 0 aliphatic rings. The van der Waals surface area contributed by atoms with Gasteiger partial charge in [-0.1, -0.05) is 48.5 Å². The van der Waals surface area contributed by atoms with Crippen molar-refractivity contribution in [3.8, 4) is 5.75 Å². The number of para-hydroxylation sites is 1. The molecule has 28 heavy (non-hydrogen) atoms. The first-order chi connectivity index (χ1) is 13.7. The molecule has 4 aromatic rings. The normalized spacial score (nSPS) is 11.1. The second-order valence-corrected chi connectivity index (χ2v) is 7.17. The Labute approximate surface area is 165 Å². The second kappa shape index (κ2) is 8.02. The second-order valence-electron chi connectivity index (χ2n) is 6.11. The molecule has 0 amide bonds. The van der Waals surface area contributed by atoms with Crippen LogP contribution in [-0.4, -0.2) is 9.91 Å². The van der Waals surface area contributed by atoms with Gasteiger partial charge in [-0.2, -0.15) is 0 Å². The Morgan fingerprint density at radius 1 is 1.00 bits per heavy atom. The number of benzene rings is 3. The lowest BCUT2D eigenvalue weighted by atomic mass is 10.2. The monoisotopic (exact) mass is 388 g/mol. The maximum Gasteiger partial charge on any atom is 0.271 e. The molecule has 0 saturated carbocycles. The van der Waals surface area contributed by atoms with Crippen LogP contribution in [0.2, 0.25) is 0 Å². The number of aromatic nitrogens is 1. The zero-order valence-electron chi connectivity index (χ0n) is 14.8. The largest absolute Gasteiger partial charge is 0.488 e.